The number of aliphatic carboxylic acids is 1. The van der Waals surface area contributed by atoms with Gasteiger partial charge in [0.05, 0.1) is 24.7 Å². The maximum Gasteiger partial charge on any atom is 0.430 e. The molecule has 0 saturated carbocycles. The molecule has 0 aromatic carbocycles. The largest absolute Gasteiger partial charge is 0.707 e. The number of alkyl halides is 3. The maximum absolute atomic E-state index is 12.1. The maximum atomic E-state index is 12.1. The first-order chi connectivity index (χ1) is 32.7. The van der Waals surface area contributed by atoms with Gasteiger partial charge in [-0.3, -0.25) is 0 Å². The second kappa shape index (κ2) is 46.3. The molecule has 33 heteroatoms. The first-order valence-corrected chi connectivity index (χ1v) is 31.2. The molecule has 0 aliphatic carbocycles. The van der Waals surface area contributed by atoms with Crippen molar-refractivity contribution in [1.29, 1.82) is 0 Å². The minimum atomic E-state index is -5.19. The Hall–Kier alpha value is -1.05. The number of thiol groups is 4. The fourth-order valence-corrected chi connectivity index (χ4v) is 9.03. The van der Waals surface area contributed by atoms with E-state index in [0.29, 0.717) is 12.5 Å². The topological polar surface area (TPSA) is 244 Å². The number of carbonyl (C=O) groups excluding carboxylic acids is 1. The standard InChI is InChI=1S/C10H15N2S2.C10H16N2S2.C6H7FN.C4H9NS2.C4H10O2S2.C2HF3O2.2CH4O4S.ClH/c1-11-4-2-3-10(9-11)12-5-7-13-14-8-6-12;1-11-4-2-3-10(9-11)12(5-7-13)6-8-14;1-8-4-2-3-6(7)5-8;1-3-6-7-4-2-5-1;5-3(1-7)4(6)2-8;3-2(4,5)1(6)7;2*1-6(3,4)5-2;/h2-4,9H,5-8H2,1H3;2-4,9H,5-8H2,1H3,(H-,13,14);2-5H,1H3;5H,1-4H2;3-8H,1-2H2;(H,6,7);2*2H,1H3;1H/q+1;;+1;;;;;;/p-2/t;;;;3-,4-;;;;/m....1..../s1. The van der Waals surface area contributed by atoms with Crippen LogP contribution < -0.4 is 44.4 Å². The monoisotopic (exact) mass is 1230 g/mol. The molecule has 2 aliphatic heterocycles. The highest BCUT2D eigenvalue weighted by molar-refractivity contribution is 8.77. The third kappa shape index (κ3) is 49.6. The first kappa shape index (κ1) is 76.5. The number of nitrogens with zero attached hydrogens (tertiary/aromatic N) is 5. The molecular formula is C38H65ClF4N6O12S10. The summed E-state index contributed by atoms with van der Waals surface area (Å²) >= 11 is 16.0. The van der Waals surface area contributed by atoms with Gasteiger partial charge >= 0.3 is 6.18 Å². The molecule has 5 heterocycles. The number of rotatable bonds is 11. The number of pyridine rings is 3. The van der Waals surface area contributed by atoms with Crippen LogP contribution in [0.4, 0.5) is 28.9 Å². The van der Waals surface area contributed by atoms with Crippen molar-refractivity contribution in [3.8, 4) is 0 Å². The Morgan fingerprint density at radius 3 is 1.44 bits per heavy atom. The summed E-state index contributed by atoms with van der Waals surface area (Å²) < 4.78 is 92.7. The number of carboxylic acid groups (broad SMARTS) is 1. The number of halogens is 5. The molecule has 2 saturated heterocycles. The molecule has 3 N–H and O–H groups in total. The fourth-order valence-electron chi connectivity index (χ4n) is 4.18. The molecule has 0 amide bonds. The second-order valence-corrected chi connectivity index (χ2v) is 23.5. The molecule has 0 unspecified atom stereocenters. The van der Waals surface area contributed by atoms with Crippen LogP contribution in [-0.2, 0) is 54.8 Å². The molecule has 71 heavy (non-hydrogen) atoms. The van der Waals surface area contributed by atoms with Crippen LogP contribution in [0.2, 0.25) is 0 Å². The van der Waals surface area contributed by atoms with E-state index in [9.17, 15) is 34.4 Å². The Morgan fingerprint density at radius 1 is 0.761 bits per heavy atom. The van der Waals surface area contributed by atoms with Gasteiger partial charge in [0.1, 0.15) is 38.5 Å². The lowest BCUT2D eigenvalue weighted by Crippen LogP contribution is -2.37. The highest BCUT2D eigenvalue weighted by Crippen LogP contribution is 2.26. The number of aliphatic hydroxyl groups excluding tert-OH is 2. The molecule has 2 fully saturated rings. The Bertz CT molecular complexity index is 1890. The van der Waals surface area contributed by atoms with Gasteiger partial charge in [0.2, 0.25) is 6.20 Å². The molecule has 5 rings (SSSR count). The summed E-state index contributed by atoms with van der Waals surface area (Å²) in [5.41, 5.74) is 2.58. The summed E-state index contributed by atoms with van der Waals surface area (Å²) in [5, 5.41) is 47.3. The number of hydrogen-bond donors (Lipinski definition) is 7. The van der Waals surface area contributed by atoms with Crippen LogP contribution in [0.25, 0.3) is 0 Å². The van der Waals surface area contributed by atoms with Gasteiger partial charge in [0, 0.05) is 103 Å². The van der Waals surface area contributed by atoms with Crippen molar-refractivity contribution in [1.82, 2.24) is 5.32 Å². The quantitative estimate of drug-likeness (QED) is 0.0341. The van der Waals surface area contributed by atoms with Crippen molar-refractivity contribution in [2.24, 2.45) is 21.1 Å². The summed E-state index contributed by atoms with van der Waals surface area (Å²) in [5.74, 6) is 4.08. The van der Waals surface area contributed by atoms with Gasteiger partial charge in [-0.1, -0.05) is 43.2 Å². The summed E-state index contributed by atoms with van der Waals surface area (Å²) in [7, 11) is 6.36. The van der Waals surface area contributed by atoms with E-state index in [1.807, 2.05) is 56.4 Å². The molecule has 3 aromatic heterocycles. The van der Waals surface area contributed by atoms with Crippen LogP contribution >= 0.6 is 106 Å². The van der Waals surface area contributed by atoms with Crippen LogP contribution in [-0.4, -0.2) is 149 Å². The Balaban J connectivity index is -0.000000370. The van der Waals surface area contributed by atoms with E-state index in [-0.39, 0.29) is 29.7 Å². The van der Waals surface area contributed by atoms with Gasteiger partial charge in [-0.15, -0.1) is 12.4 Å². The lowest BCUT2D eigenvalue weighted by molar-refractivity contribution is -0.673. The zero-order valence-corrected chi connectivity index (χ0v) is 48.6. The van der Waals surface area contributed by atoms with Crippen molar-refractivity contribution in [2.75, 3.05) is 108 Å². The van der Waals surface area contributed by atoms with Gasteiger partial charge in [-0.05, 0) is 18.2 Å². The Labute approximate surface area is 459 Å². The van der Waals surface area contributed by atoms with E-state index < -0.39 is 44.6 Å². The molecule has 414 valence electrons. The first-order valence-electron chi connectivity index (χ1n) is 20.0. The van der Waals surface area contributed by atoms with Crippen LogP contribution in [0.3, 0.4) is 0 Å². The van der Waals surface area contributed by atoms with Gasteiger partial charge in [0.25, 0.3) is 20.2 Å². The number of aryl methyl sites for hydroxylation is 3. The molecular weight excluding hydrogens is 1160 g/mol. The normalized spacial score (nSPS) is 14.1. The van der Waals surface area contributed by atoms with Gasteiger partial charge in [0.15, 0.2) is 36.8 Å². The number of anilines is 2. The van der Waals surface area contributed by atoms with Gasteiger partial charge < -0.3 is 54.4 Å². The van der Waals surface area contributed by atoms with Crippen LogP contribution in [0.15, 0.2) is 73.6 Å². The van der Waals surface area contributed by atoms with Crippen LogP contribution in [0.5, 0.6) is 0 Å². The van der Waals surface area contributed by atoms with Crippen molar-refractivity contribution >= 4 is 144 Å². The molecule has 0 spiro atoms. The van der Waals surface area contributed by atoms with E-state index in [4.69, 9.17) is 30.6 Å². The number of aliphatic hydroxyl groups is 2. The minimum Gasteiger partial charge on any atom is -0.707 e. The van der Waals surface area contributed by atoms with Gasteiger partial charge in [-0.2, -0.15) is 63.7 Å². The lowest BCUT2D eigenvalue weighted by Gasteiger charge is -2.21. The van der Waals surface area contributed by atoms with E-state index in [0.717, 1.165) is 24.6 Å². The smallest absolute Gasteiger partial charge is 0.430 e. The van der Waals surface area contributed by atoms with E-state index in [1.165, 1.54) is 72.8 Å². The average Bonchev–Trinajstić information content (AvgIpc) is 3.78. The summed E-state index contributed by atoms with van der Waals surface area (Å²) in [6.07, 6.45) is 6.30. The number of carboxylic acids is 1. The average molecular weight is 1230 g/mol. The molecule has 2 aliphatic rings. The van der Waals surface area contributed by atoms with Crippen molar-refractivity contribution in [3.63, 3.8) is 0 Å². The van der Waals surface area contributed by atoms with Crippen molar-refractivity contribution < 1.29 is 87.4 Å². The molecule has 0 bridgehead atoms. The van der Waals surface area contributed by atoms with E-state index in [2.05, 4.69) is 133 Å². The SMILES string of the molecule is C1CSSCCN1.CS(=O)(=O)O[O-].CS(=O)(=O)O[O-].C[n+]1cccc(F)c1.C[n+]1cccc(N(CCS)CCS)c1.C[n+]1cccc(N2CCSSCC2)c1.Cl.O=C([O-])C(F)(F)F.O[C@H](CS)[C@H](O)CS. The van der Waals surface area contributed by atoms with Crippen LogP contribution in [0.1, 0.15) is 0 Å². The third-order valence-electron chi connectivity index (χ3n) is 7.30. The van der Waals surface area contributed by atoms with Crippen molar-refractivity contribution in [2.45, 2.75) is 18.4 Å². The molecule has 3 aromatic rings. The second-order valence-electron chi connectivity index (χ2n) is 13.4. The number of aromatic nitrogens is 3. The Kier molecular flexibility index (Phi) is 49.8. The number of nitrogens with one attached hydrogen (secondary N) is 1. The van der Waals surface area contributed by atoms with Crippen molar-refractivity contribution in [3.05, 3.63) is 79.4 Å². The highest BCUT2D eigenvalue weighted by atomic mass is 35.5. The predicted octanol–water partition coefficient (Wildman–Crippen LogP) is 0.275. The molecule has 18 nitrogen and oxygen atoms in total. The van der Waals surface area contributed by atoms with E-state index in [1.54, 1.807) is 23.9 Å². The van der Waals surface area contributed by atoms with Gasteiger partial charge in [-0.25, -0.2) is 34.9 Å². The number of hydrogen-bond acceptors (Lipinski definition) is 23. The zero-order chi connectivity index (χ0) is 54.2. The Morgan fingerprint density at radius 2 is 1.13 bits per heavy atom. The predicted molar refractivity (Wildman–Crippen MR) is 288 cm³/mol. The molecule has 2 atom stereocenters. The summed E-state index contributed by atoms with van der Waals surface area (Å²) in [6, 6.07) is 11.6. The zero-order valence-electron chi connectivity index (χ0n) is 39.4. The van der Waals surface area contributed by atoms with E-state index >= 15 is 0 Å². The third-order valence-corrected chi connectivity index (χ3v) is 13.7. The minimum absolute atomic E-state index is 0. The number of carbonyl (C=O) groups is 1. The fraction of sp³-hybridized carbons (Fsp3) is 0.579. The summed E-state index contributed by atoms with van der Waals surface area (Å²) in [4.78, 5) is 13.5. The highest BCUT2D eigenvalue weighted by Gasteiger charge is 2.28. The van der Waals surface area contributed by atoms with Crippen LogP contribution in [0, 0.1) is 5.82 Å². The summed E-state index contributed by atoms with van der Waals surface area (Å²) in [6.45, 7) is 6.65. The molecule has 0 radical (unpaired) electrons. The lowest BCUT2D eigenvalue weighted by atomic mass is 10.3.